The normalized spacial score (nSPS) is 11.4. The maximum atomic E-state index is 3.36. The molecule has 4 aromatic rings. The minimum atomic E-state index is 0. The van der Waals surface area contributed by atoms with Crippen molar-refractivity contribution in [2.45, 2.75) is 12.8 Å². The molecule has 0 atom stereocenters. The zero-order chi connectivity index (χ0) is 24.5. The SMILES string of the molecule is CN(C)c1cc[c-]c2c1-c1ccccc1C2.[C-]1=CC=CC1.[Cl-].[Cl-].[Zr+2]=[C](c1ccccc1)c1ccccc1. The van der Waals surface area contributed by atoms with Crippen molar-refractivity contribution in [1.82, 2.24) is 0 Å². The van der Waals surface area contributed by atoms with Crippen LogP contribution in [0.1, 0.15) is 28.7 Å². The molecular weight excluding hydrogens is 572 g/mol. The topological polar surface area (TPSA) is 3.24 Å². The number of hydrogen-bond donors (Lipinski definition) is 0. The Balaban J connectivity index is 0.000000211. The van der Waals surface area contributed by atoms with Crippen LogP contribution in [0.5, 0.6) is 0 Å². The number of nitrogens with zero attached hydrogens (tertiary/aromatic N) is 1. The first-order valence-electron chi connectivity index (χ1n) is 11.9. The summed E-state index contributed by atoms with van der Waals surface area (Å²) in [5, 5.41) is 0. The molecule has 0 saturated carbocycles. The maximum absolute atomic E-state index is 3.36. The molecule has 2 aliphatic rings. The predicted molar refractivity (Wildman–Crippen MR) is 146 cm³/mol. The van der Waals surface area contributed by atoms with Gasteiger partial charge in [-0.25, -0.2) is 12.2 Å². The number of anilines is 1. The summed E-state index contributed by atoms with van der Waals surface area (Å²) in [6, 6.07) is 37.3. The van der Waals surface area contributed by atoms with Gasteiger partial charge in [-0.05, 0) is 6.42 Å². The van der Waals surface area contributed by atoms with E-state index in [2.05, 4.69) is 128 Å². The molecule has 0 saturated heterocycles. The molecule has 1 nitrogen and oxygen atoms in total. The minimum absolute atomic E-state index is 0. The van der Waals surface area contributed by atoms with Crippen LogP contribution in [0.3, 0.4) is 0 Å². The van der Waals surface area contributed by atoms with Crippen LogP contribution in [0.25, 0.3) is 11.1 Å². The Bertz CT molecular complexity index is 1280. The fraction of sp³-hybridized carbons (Fsp3) is 0.121. The molecule has 0 amide bonds. The summed E-state index contributed by atoms with van der Waals surface area (Å²) in [4.78, 5) is 2.18. The average Bonchev–Trinajstić information content (AvgIpc) is 3.61. The van der Waals surface area contributed by atoms with Crippen molar-refractivity contribution < 1.29 is 49.0 Å². The third-order valence-corrected chi connectivity index (χ3v) is 7.32. The first kappa shape index (κ1) is 30.7. The fourth-order valence-electron chi connectivity index (χ4n) is 4.17. The first-order chi connectivity index (χ1) is 17.1. The summed E-state index contributed by atoms with van der Waals surface area (Å²) in [6.07, 6.45) is 11.0. The summed E-state index contributed by atoms with van der Waals surface area (Å²) in [6.45, 7) is 0. The average molecular weight is 602 g/mol. The molecule has 0 spiro atoms. The van der Waals surface area contributed by atoms with Crippen molar-refractivity contribution in [2.24, 2.45) is 0 Å². The van der Waals surface area contributed by atoms with Gasteiger partial charge in [0.05, 0.1) is 0 Å². The number of fused-ring (bicyclic) bond motifs is 3. The fourth-order valence-corrected chi connectivity index (χ4v) is 4.99. The van der Waals surface area contributed by atoms with E-state index < -0.39 is 0 Å². The Kier molecular flexibility index (Phi) is 13.0. The van der Waals surface area contributed by atoms with E-state index in [1.807, 2.05) is 18.2 Å². The van der Waals surface area contributed by atoms with E-state index in [1.165, 1.54) is 66.5 Å². The quantitative estimate of drug-likeness (QED) is 0.282. The zero-order valence-corrected chi connectivity index (χ0v) is 25.1. The number of rotatable bonds is 3. The van der Waals surface area contributed by atoms with Crippen molar-refractivity contribution in [3.63, 3.8) is 0 Å². The standard InChI is InChI=1S/C15H14N.C13H10.C5H5.2ClH.Zr/c1-16(2)14-9-5-7-12-10-11-6-3-4-8-13(11)15(12)14;1-3-7-12(8-4-1)11-13-9-5-2-6-10-13;1-2-4-5-3-1;;;/h3-6,8-9H,10H2,1-2H3;1-10H;1-3H,4H2;2*1H;/q-1;;-1;;;+2/p-2. The molecular formula is C33H29Cl2NZr-2. The second-order valence-electron chi connectivity index (χ2n) is 8.55. The second kappa shape index (κ2) is 15.7. The Labute approximate surface area is 249 Å². The van der Waals surface area contributed by atoms with Crippen molar-refractivity contribution in [2.75, 3.05) is 19.0 Å². The van der Waals surface area contributed by atoms with Gasteiger partial charge in [0.25, 0.3) is 0 Å². The molecule has 0 heterocycles. The second-order valence-corrected chi connectivity index (χ2v) is 9.78. The summed E-state index contributed by atoms with van der Waals surface area (Å²) < 4.78 is 1.42. The molecule has 0 radical (unpaired) electrons. The van der Waals surface area contributed by atoms with E-state index in [1.54, 1.807) is 0 Å². The van der Waals surface area contributed by atoms with Gasteiger partial charge in [-0.15, -0.1) is 23.6 Å². The van der Waals surface area contributed by atoms with Gasteiger partial charge in [0, 0.05) is 14.1 Å². The number of benzene rings is 4. The van der Waals surface area contributed by atoms with Gasteiger partial charge in [0.1, 0.15) is 0 Å². The summed E-state index contributed by atoms with van der Waals surface area (Å²) in [5.74, 6) is 0. The number of halogens is 2. The van der Waals surface area contributed by atoms with E-state index in [4.69, 9.17) is 0 Å². The van der Waals surface area contributed by atoms with E-state index >= 15 is 0 Å². The molecule has 0 aromatic heterocycles. The number of hydrogen-bond acceptors (Lipinski definition) is 1. The molecule has 0 aliphatic heterocycles. The van der Waals surface area contributed by atoms with Gasteiger partial charge in [0.2, 0.25) is 0 Å². The molecule has 4 aromatic carbocycles. The molecule has 186 valence electrons. The Hall–Kier alpha value is -2.51. The van der Waals surface area contributed by atoms with Gasteiger partial charge in [0.15, 0.2) is 0 Å². The first-order valence-corrected chi connectivity index (χ1v) is 13.1. The Morgan fingerprint density at radius 3 is 1.89 bits per heavy atom. The van der Waals surface area contributed by atoms with Crippen LogP contribution >= 0.6 is 0 Å². The summed E-state index contributed by atoms with van der Waals surface area (Å²) in [5.41, 5.74) is 9.43. The van der Waals surface area contributed by atoms with E-state index in [0.29, 0.717) is 0 Å². The van der Waals surface area contributed by atoms with E-state index in [9.17, 15) is 0 Å². The zero-order valence-electron chi connectivity index (χ0n) is 21.1. The van der Waals surface area contributed by atoms with Crippen LogP contribution in [0, 0.1) is 12.1 Å². The van der Waals surface area contributed by atoms with Gasteiger partial charge >= 0.3 is 99.2 Å². The van der Waals surface area contributed by atoms with Gasteiger partial charge in [-0.1, -0.05) is 41.1 Å². The van der Waals surface area contributed by atoms with Crippen LogP contribution < -0.4 is 29.7 Å². The molecule has 0 fully saturated rings. The van der Waals surface area contributed by atoms with Crippen molar-refractivity contribution >= 4 is 8.89 Å². The van der Waals surface area contributed by atoms with Crippen molar-refractivity contribution in [3.8, 4) is 11.1 Å². The van der Waals surface area contributed by atoms with E-state index in [-0.39, 0.29) is 24.8 Å². The van der Waals surface area contributed by atoms with Crippen LogP contribution in [0.2, 0.25) is 0 Å². The summed E-state index contributed by atoms with van der Waals surface area (Å²) in [7, 11) is 4.19. The molecule has 0 unspecified atom stereocenters. The molecule has 4 heteroatoms. The van der Waals surface area contributed by atoms with Gasteiger partial charge in [-0.3, -0.25) is 6.08 Å². The van der Waals surface area contributed by atoms with Crippen molar-refractivity contribution in [1.29, 1.82) is 0 Å². The third-order valence-electron chi connectivity index (χ3n) is 5.90. The monoisotopic (exact) mass is 599 g/mol. The molecule has 0 N–H and O–H groups in total. The van der Waals surface area contributed by atoms with E-state index in [0.717, 1.165) is 12.8 Å². The van der Waals surface area contributed by atoms with Crippen molar-refractivity contribution in [3.05, 3.63) is 150 Å². The van der Waals surface area contributed by atoms with Crippen LogP contribution in [-0.2, 0) is 30.7 Å². The molecule has 37 heavy (non-hydrogen) atoms. The van der Waals surface area contributed by atoms with Crippen LogP contribution in [0.4, 0.5) is 5.69 Å². The summed E-state index contributed by atoms with van der Waals surface area (Å²) >= 11 is 1.46. The number of allylic oxidation sites excluding steroid dienone is 4. The molecule has 0 bridgehead atoms. The molecule has 2 aliphatic carbocycles. The van der Waals surface area contributed by atoms with Gasteiger partial charge < -0.3 is 29.7 Å². The Morgan fingerprint density at radius 2 is 1.38 bits per heavy atom. The van der Waals surface area contributed by atoms with Crippen LogP contribution in [-0.4, -0.2) is 17.3 Å². The van der Waals surface area contributed by atoms with Crippen LogP contribution in [0.15, 0.2) is 115 Å². The Morgan fingerprint density at radius 1 is 0.784 bits per heavy atom. The van der Waals surface area contributed by atoms with Gasteiger partial charge in [-0.2, -0.15) is 18.2 Å². The predicted octanol–water partition coefficient (Wildman–Crippen LogP) is 1.24. The third kappa shape index (κ3) is 8.24. The molecule has 6 rings (SSSR count).